The summed E-state index contributed by atoms with van der Waals surface area (Å²) in [7, 11) is 0. The number of hydrogen-bond donors (Lipinski definition) is 1. The Morgan fingerprint density at radius 2 is 1.57 bits per heavy atom. The molecule has 0 aromatic heterocycles. The van der Waals surface area contributed by atoms with E-state index in [-0.39, 0.29) is 12.2 Å². The van der Waals surface area contributed by atoms with Crippen LogP contribution >= 0.6 is 0 Å². The van der Waals surface area contributed by atoms with Gasteiger partial charge in [-0.3, -0.25) is 0 Å². The smallest absolute Gasteiger partial charge is 0.390 e. The lowest BCUT2D eigenvalue weighted by Gasteiger charge is -2.29. The SMILES string of the molecule is CCC(Oc1ccccc1)(Oc1ccc(F)cc1)C(=O)O. The zero-order valence-electron chi connectivity index (χ0n) is 11.5. The monoisotopic (exact) mass is 290 g/mol. The van der Waals surface area contributed by atoms with Crippen molar-refractivity contribution in [1.82, 2.24) is 0 Å². The Kier molecular flexibility index (Phi) is 4.42. The molecule has 1 unspecified atom stereocenters. The van der Waals surface area contributed by atoms with Gasteiger partial charge in [-0.2, -0.15) is 0 Å². The predicted octanol–water partition coefficient (Wildman–Crippen LogP) is 3.47. The number of halogens is 1. The summed E-state index contributed by atoms with van der Waals surface area (Å²) in [6.07, 6.45) is 0.0780. The Balaban J connectivity index is 2.28. The van der Waals surface area contributed by atoms with Crippen molar-refractivity contribution in [3.05, 3.63) is 60.4 Å². The van der Waals surface area contributed by atoms with Crippen molar-refractivity contribution in [2.24, 2.45) is 0 Å². The fraction of sp³-hybridized carbons (Fsp3) is 0.188. The Hall–Kier alpha value is -2.56. The fourth-order valence-corrected chi connectivity index (χ4v) is 1.78. The fourth-order valence-electron chi connectivity index (χ4n) is 1.78. The first-order valence-corrected chi connectivity index (χ1v) is 6.48. The molecule has 0 aliphatic carbocycles. The van der Waals surface area contributed by atoms with Gasteiger partial charge in [0.1, 0.15) is 17.3 Å². The number of aliphatic carboxylic acids is 1. The van der Waals surface area contributed by atoms with Crippen LogP contribution in [-0.2, 0) is 4.79 Å². The van der Waals surface area contributed by atoms with Crippen LogP contribution in [0.1, 0.15) is 13.3 Å². The molecular weight excluding hydrogens is 275 g/mol. The van der Waals surface area contributed by atoms with E-state index in [9.17, 15) is 14.3 Å². The second-order valence-corrected chi connectivity index (χ2v) is 4.38. The lowest BCUT2D eigenvalue weighted by molar-refractivity contribution is -0.186. The van der Waals surface area contributed by atoms with Crippen molar-refractivity contribution >= 4 is 5.97 Å². The van der Waals surface area contributed by atoms with Gasteiger partial charge in [-0.15, -0.1) is 0 Å². The molecular formula is C16H15FO4. The molecule has 0 aliphatic heterocycles. The zero-order chi connectivity index (χ0) is 15.3. The molecule has 0 heterocycles. The van der Waals surface area contributed by atoms with E-state index in [2.05, 4.69) is 0 Å². The third kappa shape index (κ3) is 3.51. The van der Waals surface area contributed by atoms with Crippen molar-refractivity contribution < 1.29 is 23.8 Å². The molecule has 21 heavy (non-hydrogen) atoms. The number of rotatable bonds is 6. The molecule has 0 spiro atoms. The number of carboxylic acid groups (broad SMARTS) is 1. The second-order valence-electron chi connectivity index (χ2n) is 4.38. The molecule has 0 aliphatic rings. The summed E-state index contributed by atoms with van der Waals surface area (Å²) in [4.78, 5) is 11.6. The van der Waals surface area contributed by atoms with Crippen LogP contribution < -0.4 is 9.47 Å². The van der Waals surface area contributed by atoms with Gasteiger partial charge >= 0.3 is 11.8 Å². The van der Waals surface area contributed by atoms with Gasteiger partial charge in [-0.05, 0) is 36.4 Å². The summed E-state index contributed by atoms with van der Waals surface area (Å²) in [6.45, 7) is 1.64. The van der Waals surface area contributed by atoms with E-state index in [0.717, 1.165) is 0 Å². The van der Waals surface area contributed by atoms with E-state index in [1.54, 1.807) is 37.3 Å². The molecule has 5 heteroatoms. The van der Waals surface area contributed by atoms with Crippen molar-refractivity contribution in [2.45, 2.75) is 19.1 Å². The lowest BCUT2D eigenvalue weighted by atomic mass is 10.2. The third-order valence-electron chi connectivity index (χ3n) is 2.91. The summed E-state index contributed by atoms with van der Waals surface area (Å²) < 4.78 is 23.9. The maximum absolute atomic E-state index is 12.9. The zero-order valence-corrected chi connectivity index (χ0v) is 11.5. The van der Waals surface area contributed by atoms with E-state index in [0.29, 0.717) is 5.75 Å². The van der Waals surface area contributed by atoms with Crippen LogP contribution in [0, 0.1) is 5.82 Å². The molecule has 1 N–H and O–H groups in total. The van der Waals surface area contributed by atoms with Gasteiger partial charge < -0.3 is 14.6 Å². The summed E-state index contributed by atoms with van der Waals surface area (Å²) in [6, 6.07) is 13.6. The minimum Gasteiger partial charge on any atom is -0.475 e. The number of benzene rings is 2. The molecule has 4 nitrogen and oxygen atoms in total. The average molecular weight is 290 g/mol. The minimum atomic E-state index is -1.86. The van der Waals surface area contributed by atoms with Crippen molar-refractivity contribution in [2.75, 3.05) is 0 Å². The van der Waals surface area contributed by atoms with Gasteiger partial charge in [0.15, 0.2) is 0 Å². The Labute approximate surface area is 121 Å². The summed E-state index contributed by atoms with van der Waals surface area (Å²) in [5, 5.41) is 9.48. The third-order valence-corrected chi connectivity index (χ3v) is 2.91. The summed E-state index contributed by atoms with van der Waals surface area (Å²) in [5.41, 5.74) is 0. The Bertz CT molecular complexity index is 597. The van der Waals surface area contributed by atoms with Gasteiger partial charge in [-0.25, -0.2) is 9.18 Å². The maximum Gasteiger partial charge on any atom is 0.390 e. The molecule has 2 aromatic carbocycles. The normalized spacial score (nSPS) is 13.2. The first-order chi connectivity index (χ1) is 10.1. The number of ether oxygens (including phenoxy) is 2. The highest BCUT2D eigenvalue weighted by molar-refractivity contribution is 5.76. The molecule has 0 amide bonds. The van der Waals surface area contributed by atoms with Crippen LogP contribution in [0.5, 0.6) is 11.5 Å². The largest absolute Gasteiger partial charge is 0.475 e. The summed E-state index contributed by atoms with van der Waals surface area (Å²) >= 11 is 0. The van der Waals surface area contributed by atoms with Crippen LogP contribution in [-0.4, -0.2) is 16.9 Å². The maximum atomic E-state index is 12.9. The standard InChI is InChI=1S/C16H15FO4/c1-2-16(15(18)19,20-13-6-4-3-5-7-13)21-14-10-8-12(17)9-11-14/h3-11H,2H2,1H3,(H,18,19). The molecule has 110 valence electrons. The van der Waals surface area contributed by atoms with Crippen molar-refractivity contribution in [1.29, 1.82) is 0 Å². The number of carbonyl (C=O) groups is 1. The van der Waals surface area contributed by atoms with E-state index in [4.69, 9.17) is 9.47 Å². The van der Waals surface area contributed by atoms with E-state index >= 15 is 0 Å². The predicted molar refractivity (Wildman–Crippen MR) is 74.8 cm³/mol. The Morgan fingerprint density at radius 1 is 1.05 bits per heavy atom. The van der Waals surface area contributed by atoms with Gasteiger partial charge in [0, 0.05) is 6.42 Å². The first kappa shape index (κ1) is 14.8. The van der Waals surface area contributed by atoms with Gasteiger partial charge in [0.2, 0.25) is 0 Å². The second kappa shape index (κ2) is 6.26. The highest BCUT2D eigenvalue weighted by Gasteiger charge is 2.42. The first-order valence-electron chi connectivity index (χ1n) is 6.48. The average Bonchev–Trinajstić information content (AvgIpc) is 2.49. The molecule has 0 radical (unpaired) electrons. The number of hydrogen-bond acceptors (Lipinski definition) is 3. The Morgan fingerprint density at radius 3 is 2.05 bits per heavy atom. The van der Waals surface area contributed by atoms with Crippen molar-refractivity contribution in [3.8, 4) is 11.5 Å². The topological polar surface area (TPSA) is 55.8 Å². The summed E-state index contributed by atoms with van der Waals surface area (Å²) in [5.74, 6) is -2.94. The van der Waals surface area contributed by atoms with Crippen LogP contribution in [0.25, 0.3) is 0 Å². The molecule has 0 fully saturated rings. The van der Waals surface area contributed by atoms with Crippen LogP contribution in [0.3, 0.4) is 0 Å². The molecule has 0 bridgehead atoms. The van der Waals surface area contributed by atoms with Crippen molar-refractivity contribution in [3.63, 3.8) is 0 Å². The highest BCUT2D eigenvalue weighted by Crippen LogP contribution is 2.26. The quantitative estimate of drug-likeness (QED) is 0.828. The van der Waals surface area contributed by atoms with E-state index in [1.165, 1.54) is 24.3 Å². The number of para-hydroxylation sites is 1. The van der Waals surface area contributed by atoms with Crippen LogP contribution in [0.15, 0.2) is 54.6 Å². The van der Waals surface area contributed by atoms with Gasteiger partial charge in [0.05, 0.1) is 0 Å². The lowest BCUT2D eigenvalue weighted by Crippen LogP contribution is -2.49. The minimum absolute atomic E-state index is 0.0780. The highest BCUT2D eigenvalue weighted by atomic mass is 19.1. The molecule has 0 saturated carbocycles. The van der Waals surface area contributed by atoms with E-state index in [1.807, 2.05) is 0 Å². The molecule has 1 atom stereocenters. The molecule has 0 saturated heterocycles. The van der Waals surface area contributed by atoms with Crippen LogP contribution in [0.2, 0.25) is 0 Å². The van der Waals surface area contributed by atoms with E-state index < -0.39 is 17.6 Å². The molecule has 2 aromatic rings. The van der Waals surface area contributed by atoms with Crippen LogP contribution in [0.4, 0.5) is 4.39 Å². The molecule has 2 rings (SSSR count). The number of carboxylic acids is 1. The van der Waals surface area contributed by atoms with Gasteiger partial charge in [0.25, 0.3) is 0 Å². The van der Waals surface area contributed by atoms with Gasteiger partial charge in [-0.1, -0.05) is 25.1 Å².